The summed E-state index contributed by atoms with van der Waals surface area (Å²) in [6.07, 6.45) is 11.4. The molecule has 0 bridgehead atoms. The van der Waals surface area contributed by atoms with Crippen molar-refractivity contribution in [3.8, 4) is 11.1 Å². The molecule has 110 valence electrons. The molecule has 3 rings (SSSR count). The van der Waals surface area contributed by atoms with E-state index in [9.17, 15) is 0 Å². The maximum atomic E-state index is 4.51. The van der Waals surface area contributed by atoms with Crippen molar-refractivity contribution in [2.45, 2.75) is 13.8 Å². The first-order valence-corrected chi connectivity index (χ1v) is 7.22. The minimum absolute atomic E-state index is 0.868. The normalized spacial score (nSPS) is 11.7. The zero-order chi connectivity index (χ0) is 15.4. The highest BCUT2D eigenvalue weighted by Gasteiger charge is 2.04. The van der Waals surface area contributed by atoms with Crippen molar-refractivity contribution in [2.75, 3.05) is 5.32 Å². The first-order valence-electron chi connectivity index (χ1n) is 7.22. The van der Waals surface area contributed by atoms with Gasteiger partial charge in [0, 0.05) is 18.0 Å². The molecule has 2 N–H and O–H groups in total. The summed E-state index contributed by atoms with van der Waals surface area (Å²) in [5.41, 5.74) is 5.33. The van der Waals surface area contributed by atoms with Gasteiger partial charge in [0.15, 0.2) is 0 Å². The van der Waals surface area contributed by atoms with E-state index >= 15 is 0 Å². The number of benzene rings is 1. The summed E-state index contributed by atoms with van der Waals surface area (Å²) in [6, 6.07) is 8.31. The number of hydrogen-bond acceptors (Lipinski definition) is 3. The fourth-order valence-corrected chi connectivity index (χ4v) is 2.29. The highest BCUT2D eigenvalue weighted by molar-refractivity contribution is 5.81. The van der Waals surface area contributed by atoms with Crippen molar-refractivity contribution in [1.29, 1.82) is 0 Å². The number of nitrogens with one attached hydrogen (secondary N) is 2. The standard InChI is InChI=1S/C18H18N4/c1-3-4-5-8-19-18-13(2)9-15(11-20-18)14-6-7-16-17(10-14)22-12-21-16/h3-12H,1-2H3,(H,19,20)(H,21,22)/b4-3+,8-5+. The van der Waals surface area contributed by atoms with Crippen molar-refractivity contribution in [2.24, 2.45) is 0 Å². The lowest BCUT2D eigenvalue weighted by atomic mass is 10.1. The van der Waals surface area contributed by atoms with Gasteiger partial charge in [-0.15, -0.1) is 0 Å². The number of anilines is 1. The first kappa shape index (κ1) is 14.1. The maximum absolute atomic E-state index is 4.51. The maximum Gasteiger partial charge on any atom is 0.132 e. The van der Waals surface area contributed by atoms with Gasteiger partial charge in [-0.2, -0.15) is 0 Å². The van der Waals surface area contributed by atoms with E-state index in [2.05, 4.69) is 45.4 Å². The lowest BCUT2D eigenvalue weighted by Gasteiger charge is -2.07. The van der Waals surface area contributed by atoms with Crippen LogP contribution in [0.1, 0.15) is 12.5 Å². The van der Waals surface area contributed by atoms with E-state index in [1.54, 1.807) is 6.33 Å². The molecular weight excluding hydrogens is 272 g/mol. The van der Waals surface area contributed by atoms with Gasteiger partial charge in [0.2, 0.25) is 0 Å². The van der Waals surface area contributed by atoms with Crippen molar-refractivity contribution in [3.05, 3.63) is 66.8 Å². The molecule has 0 aliphatic heterocycles. The molecule has 22 heavy (non-hydrogen) atoms. The number of hydrogen-bond donors (Lipinski definition) is 2. The van der Waals surface area contributed by atoms with Crippen molar-refractivity contribution >= 4 is 16.9 Å². The number of imidazole rings is 1. The average molecular weight is 290 g/mol. The van der Waals surface area contributed by atoms with Crippen LogP contribution < -0.4 is 5.32 Å². The molecule has 0 saturated heterocycles. The molecule has 0 saturated carbocycles. The first-order chi connectivity index (χ1) is 10.8. The van der Waals surface area contributed by atoms with Crippen molar-refractivity contribution in [1.82, 2.24) is 15.0 Å². The SMILES string of the molecule is C/C=C/C=C/Nc1ncc(-c2ccc3nc[nH]c3c2)cc1C. The van der Waals surface area contributed by atoms with Crippen molar-refractivity contribution in [3.63, 3.8) is 0 Å². The number of rotatable bonds is 4. The van der Waals surface area contributed by atoms with Crippen LogP contribution in [0.3, 0.4) is 0 Å². The Bertz CT molecular complexity index is 843. The third-order valence-electron chi connectivity index (χ3n) is 3.45. The summed E-state index contributed by atoms with van der Waals surface area (Å²) in [5.74, 6) is 0.868. The Hall–Kier alpha value is -2.88. The number of fused-ring (bicyclic) bond motifs is 1. The van der Waals surface area contributed by atoms with Crippen LogP contribution in [0.25, 0.3) is 22.2 Å². The van der Waals surface area contributed by atoms with E-state index in [1.165, 1.54) is 0 Å². The van der Waals surface area contributed by atoms with Crippen LogP contribution in [0.5, 0.6) is 0 Å². The molecule has 0 amide bonds. The molecule has 4 nitrogen and oxygen atoms in total. The molecule has 0 spiro atoms. The van der Waals surface area contributed by atoms with Crippen LogP contribution in [0.4, 0.5) is 5.82 Å². The summed E-state index contributed by atoms with van der Waals surface area (Å²) in [5, 5.41) is 3.19. The molecule has 2 aromatic heterocycles. The van der Waals surface area contributed by atoms with Gasteiger partial charge < -0.3 is 10.3 Å². The Labute approximate surface area is 129 Å². The largest absolute Gasteiger partial charge is 0.346 e. The third kappa shape index (κ3) is 2.91. The molecule has 0 aliphatic carbocycles. The minimum Gasteiger partial charge on any atom is -0.346 e. The average Bonchev–Trinajstić information content (AvgIpc) is 3.00. The molecule has 4 heteroatoms. The van der Waals surface area contributed by atoms with Gasteiger partial charge in [-0.25, -0.2) is 9.97 Å². The van der Waals surface area contributed by atoms with Crippen LogP contribution in [-0.4, -0.2) is 15.0 Å². The van der Waals surface area contributed by atoms with Gasteiger partial charge in [0.25, 0.3) is 0 Å². The van der Waals surface area contributed by atoms with Gasteiger partial charge in [0.05, 0.1) is 17.4 Å². The molecule has 0 fully saturated rings. The summed E-state index contributed by atoms with van der Waals surface area (Å²) < 4.78 is 0. The van der Waals surface area contributed by atoms with Gasteiger partial charge in [-0.05, 0) is 49.2 Å². The van der Waals surface area contributed by atoms with Gasteiger partial charge in [0.1, 0.15) is 5.82 Å². The summed E-state index contributed by atoms with van der Waals surface area (Å²) in [4.78, 5) is 11.9. The van der Waals surface area contributed by atoms with Gasteiger partial charge >= 0.3 is 0 Å². The quantitative estimate of drug-likeness (QED) is 0.699. The number of aryl methyl sites for hydroxylation is 1. The van der Waals surface area contributed by atoms with E-state index in [-0.39, 0.29) is 0 Å². The topological polar surface area (TPSA) is 53.6 Å². The number of H-pyrrole nitrogens is 1. The lowest BCUT2D eigenvalue weighted by molar-refractivity contribution is 1.26. The summed E-state index contributed by atoms with van der Waals surface area (Å²) >= 11 is 0. The van der Waals surface area contributed by atoms with E-state index in [0.29, 0.717) is 0 Å². The van der Waals surface area contributed by atoms with Crippen LogP contribution >= 0.6 is 0 Å². The Morgan fingerprint density at radius 2 is 2.00 bits per heavy atom. The highest BCUT2D eigenvalue weighted by atomic mass is 15.0. The van der Waals surface area contributed by atoms with E-state index in [1.807, 2.05) is 43.6 Å². The number of aromatic nitrogens is 3. The van der Waals surface area contributed by atoms with Crippen molar-refractivity contribution < 1.29 is 0 Å². The number of pyridine rings is 1. The predicted octanol–water partition coefficient (Wildman–Crippen LogP) is 4.44. The smallest absolute Gasteiger partial charge is 0.132 e. The summed E-state index contributed by atoms with van der Waals surface area (Å²) in [7, 11) is 0. The Morgan fingerprint density at radius 3 is 2.82 bits per heavy atom. The molecule has 1 aromatic carbocycles. The molecule has 2 heterocycles. The van der Waals surface area contributed by atoms with E-state index in [0.717, 1.165) is 33.5 Å². The van der Waals surface area contributed by atoms with Crippen LogP contribution in [0, 0.1) is 6.92 Å². The van der Waals surface area contributed by atoms with Crippen LogP contribution in [0.2, 0.25) is 0 Å². The minimum atomic E-state index is 0.868. The monoisotopic (exact) mass is 290 g/mol. The third-order valence-corrected chi connectivity index (χ3v) is 3.45. The molecule has 0 aliphatic rings. The Morgan fingerprint density at radius 1 is 1.09 bits per heavy atom. The Balaban J connectivity index is 1.87. The zero-order valence-corrected chi connectivity index (χ0v) is 12.7. The zero-order valence-electron chi connectivity index (χ0n) is 12.7. The predicted molar refractivity (Wildman–Crippen MR) is 91.6 cm³/mol. The number of allylic oxidation sites excluding steroid dienone is 3. The van der Waals surface area contributed by atoms with Gasteiger partial charge in [-0.3, -0.25) is 0 Å². The van der Waals surface area contributed by atoms with E-state index in [4.69, 9.17) is 0 Å². The van der Waals surface area contributed by atoms with E-state index < -0.39 is 0 Å². The molecule has 0 radical (unpaired) electrons. The molecule has 0 atom stereocenters. The Kier molecular flexibility index (Phi) is 4.01. The second-order valence-corrected chi connectivity index (χ2v) is 5.05. The lowest BCUT2D eigenvalue weighted by Crippen LogP contribution is -1.95. The molecule has 0 unspecified atom stereocenters. The fraction of sp³-hybridized carbons (Fsp3) is 0.111. The van der Waals surface area contributed by atoms with Crippen LogP contribution in [-0.2, 0) is 0 Å². The van der Waals surface area contributed by atoms with Crippen LogP contribution in [0.15, 0.2) is 61.2 Å². The highest BCUT2D eigenvalue weighted by Crippen LogP contribution is 2.25. The molecule has 3 aromatic rings. The number of aromatic amines is 1. The second-order valence-electron chi connectivity index (χ2n) is 5.05. The summed E-state index contributed by atoms with van der Waals surface area (Å²) in [6.45, 7) is 4.04. The van der Waals surface area contributed by atoms with Gasteiger partial charge in [-0.1, -0.05) is 18.2 Å². The molecular formula is C18H18N4. The second kappa shape index (κ2) is 6.26. The number of nitrogens with zero attached hydrogens (tertiary/aromatic N) is 2. The fourth-order valence-electron chi connectivity index (χ4n) is 2.29.